The summed E-state index contributed by atoms with van der Waals surface area (Å²) in [5.74, 6) is 0.870. The van der Waals surface area contributed by atoms with E-state index in [1.165, 1.54) is 25.9 Å². The van der Waals surface area contributed by atoms with Gasteiger partial charge in [0.2, 0.25) is 0 Å². The van der Waals surface area contributed by atoms with Crippen molar-refractivity contribution < 1.29 is 4.79 Å². The molecule has 5 heteroatoms. The first-order valence-corrected chi connectivity index (χ1v) is 8.32. The molecule has 5 nitrogen and oxygen atoms in total. The van der Waals surface area contributed by atoms with Gasteiger partial charge in [-0.25, -0.2) is 4.79 Å². The molecule has 1 aliphatic rings. The van der Waals surface area contributed by atoms with Crippen LogP contribution in [0.25, 0.3) is 0 Å². The third-order valence-electron chi connectivity index (χ3n) is 4.37. The minimum absolute atomic E-state index is 0.00779. The molecule has 1 unspecified atom stereocenters. The molecule has 122 valence electrons. The number of carbonyl (C=O) groups excluding carboxylic acids is 1. The summed E-state index contributed by atoms with van der Waals surface area (Å²) in [5.41, 5.74) is 1.06. The van der Waals surface area contributed by atoms with Crippen molar-refractivity contribution in [1.29, 1.82) is 0 Å². The molecule has 1 aliphatic heterocycles. The average molecular weight is 304 g/mol. The van der Waals surface area contributed by atoms with E-state index >= 15 is 0 Å². The molecule has 2 rings (SSSR count). The lowest BCUT2D eigenvalue weighted by molar-refractivity contribution is 0.190. The van der Waals surface area contributed by atoms with Crippen molar-refractivity contribution in [2.75, 3.05) is 26.2 Å². The fraction of sp³-hybridized carbons (Fsp3) is 0.647. The van der Waals surface area contributed by atoms with Crippen LogP contribution in [0, 0.1) is 5.92 Å². The van der Waals surface area contributed by atoms with E-state index in [9.17, 15) is 4.79 Å². The Labute approximate surface area is 133 Å². The second-order valence-electron chi connectivity index (χ2n) is 6.28. The molecule has 0 spiro atoms. The van der Waals surface area contributed by atoms with Gasteiger partial charge in [0, 0.05) is 18.9 Å². The summed E-state index contributed by atoms with van der Waals surface area (Å²) < 4.78 is 0. The summed E-state index contributed by atoms with van der Waals surface area (Å²) in [5, 5.41) is 5.89. The smallest absolute Gasteiger partial charge is 0.315 e. The summed E-state index contributed by atoms with van der Waals surface area (Å²) in [7, 11) is 0. The molecule has 1 aromatic heterocycles. The fourth-order valence-electron chi connectivity index (χ4n) is 2.77. The minimum atomic E-state index is -0.100. The maximum Gasteiger partial charge on any atom is 0.315 e. The molecule has 22 heavy (non-hydrogen) atoms. The molecule has 1 aromatic rings. The number of piperidine rings is 1. The van der Waals surface area contributed by atoms with Crippen molar-refractivity contribution in [1.82, 2.24) is 20.5 Å². The number of hydrogen-bond donors (Lipinski definition) is 2. The summed E-state index contributed by atoms with van der Waals surface area (Å²) in [4.78, 5) is 18.4. The Morgan fingerprint density at radius 1 is 1.36 bits per heavy atom. The number of carbonyl (C=O) groups is 1. The van der Waals surface area contributed by atoms with Gasteiger partial charge in [-0.2, -0.15) is 0 Å². The van der Waals surface area contributed by atoms with E-state index < -0.39 is 0 Å². The van der Waals surface area contributed by atoms with Crippen LogP contribution in [0.15, 0.2) is 24.5 Å². The van der Waals surface area contributed by atoms with E-state index in [0.29, 0.717) is 0 Å². The first kappa shape index (κ1) is 16.7. The highest BCUT2D eigenvalue weighted by atomic mass is 16.2. The Bertz CT molecular complexity index is 443. The fourth-order valence-corrected chi connectivity index (χ4v) is 2.77. The highest BCUT2D eigenvalue weighted by molar-refractivity contribution is 5.74. The third-order valence-corrected chi connectivity index (χ3v) is 4.37. The topological polar surface area (TPSA) is 57.3 Å². The quantitative estimate of drug-likeness (QED) is 0.794. The highest BCUT2D eigenvalue weighted by Gasteiger charge is 2.15. The maximum atomic E-state index is 11.9. The van der Waals surface area contributed by atoms with E-state index in [-0.39, 0.29) is 12.1 Å². The summed E-state index contributed by atoms with van der Waals surface area (Å²) in [6.07, 6.45) is 7.09. The molecule has 2 heterocycles. The molecule has 2 N–H and O–H groups in total. The largest absolute Gasteiger partial charge is 0.338 e. The van der Waals surface area contributed by atoms with Crippen molar-refractivity contribution in [3.8, 4) is 0 Å². The van der Waals surface area contributed by atoms with Crippen LogP contribution in [-0.4, -0.2) is 42.1 Å². The molecule has 0 saturated carbocycles. The molecule has 0 bridgehead atoms. The van der Waals surface area contributed by atoms with Crippen molar-refractivity contribution in [2.24, 2.45) is 5.92 Å². The number of hydrogen-bond acceptors (Lipinski definition) is 3. The third kappa shape index (κ3) is 5.64. The summed E-state index contributed by atoms with van der Waals surface area (Å²) >= 11 is 0. The van der Waals surface area contributed by atoms with Gasteiger partial charge in [-0.1, -0.05) is 6.92 Å². The number of aromatic nitrogens is 1. The Morgan fingerprint density at radius 2 is 2.05 bits per heavy atom. The molecular weight excluding hydrogens is 276 g/mol. The van der Waals surface area contributed by atoms with Gasteiger partial charge in [0.25, 0.3) is 0 Å². The van der Waals surface area contributed by atoms with Gasteiger partial charge < -0.3 is 15.5 Å². The normalized spacial score (nSPS) is 17.9. The molecule has 1 fully saturated rings. The van der Waals surface area contributed by atoms with Gasteiger partial charge in [0.1, 0.15) is 0 Å². The molecule has 1 atom stereocenters. The number of likely N-dealkylation sites (tertiary alicyclic amines) is 1. The molecule has 0 aromatic carbocycles. The van der Waals surface area contributed by atoms with Crippen molar-refractivity contribution in [2.45, 2.75) is 39.2 Å². The first-order chi connectivity index (χ1) is 10.6. The standard InChI is InChI=1S/C17H28N4O/c1-14-6-12-21(13-7-14)11-3-8-19-17(22)20-15(2)16-4-9-18-10-5-16/h4-5,9-10,14-15H,3,6-8,11-13H2,1-2H3,(H2,19,20,22). The highest BCUT2D eigenvalue weighted by Crippen LogP contribution is 2.15. The molecular formula is C17H28N4O. The van der Waals surface area contributed by atoms with Gasteiger partial charge in [-0.15, -0.1) is 0 Å². The zero-order chi connectivity index (χ0) is 15.8. The van der Waals surface area contributed by atoms with E-state index in [2.05, 4.69) is 27.4 Å². The first-order valence-electron chi connectivity index (χ1n) is 8.32. The van der Waals surface area contributed by atoms with Crippen molar-refractivity contribution in [3.05, 3.63) is 30.1 Å². The van der Waals surface area contributed by atoms with Gasteiger partial charge in [0.15, 0.2) is 0 Å². The van der Waals surface area contributed by atoms with Crippen molar-refractivity contribution >= 4 is 6.03 Å². The van der Waals surface area contributed by atoms with Gasteiger partial charge >= 0.3 is 6.03 Å². The summed E-state index contributed by atoms with van der Waals surface area (Å²) in [6, 6.07) is 3.73. The Hall–Kier alpha value is -1.62. The summed E-state index contributed by atoms with van der Waals surface area (Å²) in [6.45, 7) is 8.50. The lowest BCUT2D eigenvalue weighted by Crippen LogP contribution is -2.39. The number of urea groups is 1. The Kier molecular flexibility index (Phi) is 6.65. The lowest BCUT2D eigenvalue weighted by atomic mass is 9.99. The van der Waals surface area contributed by atoms with Crippen LogP contribution in [0.2, 0.25) is 0 Å². The van der Waals surface area contributed by atoms with Crippen LogP contribution in [0.1, 0.15) is 44.7 Å². The zero-order valence-corrected chi connectivity index (χ0v) is 13.7. The number of nitrogens with zero attached hydrogens (tertiary/aromatic N) is 2. The van der Waals surface area contributed by atoms with E-state index in [1.54, 1.807) is 12.4 Å². The monoisotopic (exact) mass is 304 g/mol. The van der Waals surface area contributed by atoms with Gasteiger partial charge in [0.05, 0.1) is 6.04 Å². The van der Waals surface area contributed by atoms with Crippen LogP contribution < -0.4 is 10.6 Å². The lowest BCUT2D eigenvalue weighted by Gasteiger charge is -2.30. The maximum absolute atomic E-state index is 11.9. The van der Waals surface area contributed by atoms with Crippen LogP contribution in [0.5, 0.6) is 0 Å². The van der Waals surface area contributed by atoms with E-state index in [1.807, 2.05) is 19.1 Å². The van der Waals surface area contributed by atoms with E-state index in [4.69, 9.17) is 0 Å². The molecule has 2 amide bonds. The molecule has 0 radical (unpaired) electrons. The second-order valence-corrected chi connectivity index (χ2v) is 6.28. The molecule has 0 aliphatic carbocycles. The van der Waals surface area contributed by atoms with Gasteiger partial charge in [-0.3, -0.25) is 4.98 Å². The Morgan fingerprint density at radius 3 is 2.73 bits per heavy atom. The van der Waals surface area contributed by atoms with Crippen LogP contribution in [0.4, 0.5) is 4.79 Å². The number of nitrogens with one attached hydrogen (secondary N) is 2. The Balaban J connectivity index is 1.58. The minimum Gasteiger partial charge on any atom is -0.338 e. The average Bonchev–Trinajstić information content (AvgIpc) is 2.54. The van der Waals surface area contributed by atoms with Crippen molar-refractivity contribution in [3.63, 3.8) is 0 Å². The predicted octanol–water partition coefficient (Wildman–Crippen LogP) is 2.56. The SMILES string of the molecule is CC1CCN(CCCNC(=O)NC(C)c2ccncc2)CC1. The number of pyridine rings is 1. The van der Waals surface area contributed by atoms with E-state index in [0.717, 1.165) is 31.0 Å². The van der Waals surface area contributed by atoms with Crippen LogP contribution in [0.3, 0.4) is 0 Å². The van der Waals surface area contributed by atoms with Gasteiger partial charge in [-0.05, 0) is 69.4 Å². The van der Waals surface area contributed by atoms with Crippen LogP contribution >= 0.6 is 0 Å². The second kappa shape index (κ2) is 8.73. The number of amides is 2. The number of rotatable bonds is 6. The molecule has 1 saturated heterocycles. The zero-order valence-electron chi connectivity index (χ0n) is 13.7. The predicted molar refractivity (Wildman–Crippen MR) is 88.6 cm³/mol. The van der Waals surface area contributed by atoms with Crippen LogP contribution in [-0.2, 0) is 0 Å².